The number of aromatic nitrogens is 1. The second-order valence-electron chi connectivity index (χ2n) is 3.32. The predicted octanol–water partition coefficient (Wildman–Crippen LogP) is 0.438. The van der Waals surface area contributed by atoms with E-state index in [0.717, 1.165) is 5.52 Å². The Bertz CT molecular complexity index is 589. The summed E-state index contributed by atoms with van der Waals surface area (Å²) in [6, 6.07) is 7.15. The van der Waals surface area contributed by atoms with Crippen molar-refractivity contribution in [3.8, 4) is 0 Å². The minimum Gasteiger partial charge on any atom is -0.395 e. The van der Waals surface area contributed by atoms with Crippen molar-refractivity contribution in [1.29, 1.82) is 0 Å². The lowest BCUT2D eigenvalue weighted by atomic mass is 10.2. The van der Waals surface area contributed by atoms with E-state index >= 15 is 0 Å². The van der Waals surface area contributed by atoms with Gasteiger partial charge in [-0.25, -0.2) is 13.1 Å². The van der Waals surface area contributed by atoms with Crippen molar-refractivity contribution in [2.24, 2.45) is 0 Å². The van der Waals surface area contributed by atoms with Gasteiger partial charge in [-0.1, -0.05) is 18.2 Å². The van der Waals surface area contributed by atoms with Gasteiger partial charge in [-0.3, -0.25) is 0 Å². The Morgan fingerprint density at radius 1 is 1.31 bits per heavy atom. The van der Waals surface area contributed by atoms with E-state index < -0.39 is 10.0 Å². The zero-order valence-electron chi connectivity index (χ0n) is 8.47. The van der Waals surface area contributed by atoms with Gasteiger partial charge >= 0.3 is 0 Å². The van der Waals surface area contributed by atoms with Crippen LogP contribution in [0.2, 0.25) is 0 Å². The summed E-state index contributed by atoms with van der Waals surface area (Å²) < 4.78 is 26.0. The summed E-state index contributed by atoms with van der Waals surface area (Å²) in [5, 5.41) is 9.25. The normalized spacial score (nSPS) is 12.1. The largest absolute Gasteiger partial charge is 0.395 e. The van der Waals surface area contributed by atoms with Gasteiger partial charge in [-0.15, -0.1) is 0 Å². The fourth-order valence-electron chi connectivity index (χ4n) is 1.52. The highest BCUT2D eigenvalue weighted by Crippen LogP contribution is 2.21. The minimum absolute atomic E-state index is 0.0157. The molecule has 16 heavy (non-hydrogen) atoms. The van der Waals surface area contributed by atoms with Gasteiger partial charge in [0.15, 0.2) is 0 Å². The fraction of sp³-hybridized carbons (Fsp3) is 0.200. The van der Waals surface area contributed by atoms with Crippen molar-refractivity contribution in [3.05, 3.63) is 30.5 Å². The zero-order valence-corrected chi connectivity index (χ0v) is 9.29. The lowest BCUT2D eigenvalue weighted by Crippen LogP contribution is -2.26. The van der Waals surface area contributed by atoms with E-state index in [-0.39, 0.29) is 18.0 Å². The van der Waals surface area contributed by atoms with Gasteiger partial charge < -0.3 is 10.1 Å². The topological polar surface area (TPSA) is 82.2 Å². The number of H-pyrrole nitrogens is 1. The molecule has 0 amide bonds. The van der Waals surface area contributed by atoms with Crippen LogP contribution in [-0.4, -0.2) is 31.7 Å². The minimum atomic E-state index is -3.55. The van der Waals surface area contributed by atoms with Crippen molar-refractivity contribution >= 4 is 20.9 Å². The van der Waals surface area contributed by atoms with Crippen LogP contribution in [0.3, 0.4) is 0 Å². The highest BCUT2D eigenvalue weighted by Gasteiger charge is 2.17. The predicted molar refractivity (Wildman–Crippen MR) is 60.6 cm³/mol. The average Bonchev–Trinajstić information content (AvgIpc) is 2.71. The lowest BCUT2D eigenvalue weighted by Gasteiger charge is -2.03. The van der Waals surface area contributed by atoms with Crippen LogP contribution in [0.1, 0.15) is 0 Å². The molecule has 5 nitrogen and oxygen atoms in total. The van der Waals surface area contributed by atoms with Gasteiger partial charge in [0.05, 0.1) is 6.61 Å². The standard InChI is InChI=1S/C10H12N2O3S/c13-6-5-12-16(14,15)10-7-11-9-4-2-1-3-8(9)10/h1-4,7,11-13H,5-6H2. The molecule has 0 saturated carbocycles. The molecule has 0 bridgehead atoms. The average molecular weight is 240 g/mol. The molecule has 0 aliphatic heterocycles. The molecular formula is C10H12N2O3S. The molecule has 0 saturated heterocycles. The van der Waals surface area contributed by atoms with E-state index in [1.165, 1.54) is 6.20 Å². The highest BCUT2D eigenvalue weighted by molar-refractivity contribution is 7.89. The lowest BCUT2D eigenvalue weighted by molar-refractivity contribution is 0.301. The summed E-state index contributed by atoms with van der Waals surface area (Å²) in [7, 11) is -3.55. The number of para-hydroxylation sites is 1. The van der Waals surface area contributed by atoms with Gasteiger partial charge in [0, 0.05) is 23.6 Å². The van der Waals surface area contributed by atoms with E-state index in [0.29, 0.717) is 5.39 Å². The van der Waals surface area contributed by atoms with Crippen molar-refractivity contribution in [3.63, 3.8) is 0 Å². The number of aliphatic hydroxyl groups is 1. The number of nitrogens with one attached hydrogen (secondary N) is 2. The van der Waals surface area contributed by atoms with E-state index in [4.69, 9.17) is 5.11 Å². The first-order valence-corrected chi connectivity index (χ1v) is 6.30. The third-order valence-electron chi connectivity index (χ3n) is 2.24. The number of fused-ring (bicyclic) bond motifs is 1. The summed E-state index contributed by atoms with van der Waals surface area (Å²) in [5.41, 5.74) is 0.770. The highest BCUT2D eigenvalue weighted by atomic mass is 32.2. The van der Waals surface area contributed by atoms with E-state index in [1.54, 1.807) is 18.2 Å². The molecule has 0 radical (unpaired) electrons. The van der Waals surface area contributed by atoms with Crippen molar-refractivity contribution in [2.75, 3.05) is 13.2 Å². The Morgan fingerprint density at radius 2 is 2.06 bits per heavy atom. The molecule has 0 aliphatic rings. The smallest absolute Gasteiger partial charge is 0.242 e. The van der Waals surface area contributed by atoms with Gasteiger partial charge in [0.2, 0.25) is 10.0 Å². The molecular weight excluding hydrogens is 228 g/mol. The first-order chi connectivity index (χ1) is 7.65. The Morgan fingerprint density at radius 3 is 2.81 bits per heavy atom. The number of aromatic amines is 1. The number of hydrogen-bond acceptors (Lipinski definition) is 3. The third kappa shape index (κ3) is 1.95. The number of aliphatic hydroxyl groups excluding tert-OH is 1. The fourth-order valence-corrected chi connectivity index (χ4v) is 2.72. The zero-order chi connectivity index (χ0) is 11.6. The van der Waals surface area contributed by atoms with Crippen LogP contribution in [0.15, 0.2) is 35.4 Å². The molecule has 1 aromatic heterocycles. The third-order valence-corrected chi connectivity index (χ3v) is 3.75. The molecule has 2 rings (SSSR count). The van der Waals surface area contributed by atoms with Crippen LogP contribution >= 0.6 is 0 Å². The monoisotopic (exact) mass is 240 g/mol. The molecule has 3 N–H and O–H groups in total. The van der Waals surface area contributed by atoms with E-state index in [2.05, 4.69) is 9.71 Å². The second-order valence-corrected chi connectivity index (χ2v) is 5.06. The molecule has 0 atom stereocenters. The van der Waals surface area contributed by atoms with Crippen LogP contribution in [0.5, 0.6) is 0 Å². The molecule has 0 spiro atoms. The number of benzene rings is 1. The van der Waals surface area contributed by atoms with Gasteiger partial charge in [0.25, 0.3) is 0 Å². The van der Waals surface area contributed by atoms with Crippen LogP contribution in [0, 0.1) is 0 Å². The molecule has 1 aromatic carbocycles. The molecule has 0 unspecified atom stereocenters. The van der Waals surface area contributed by atoms with E-state index in [1.807, 2.05) is 6.07 Å². The van der Waals surface area contributed by atoms with Crippen LogP contribution in [0.25, 0.3) is 10.9 Å². The first-order valence-electron chi connectivity index (χ1n) is 4.82. The maximum atomic E-state index is 11.8. The van der Waals surface area contributed by atoms with Gasteiger partial charge in [-0.05, 0) is 6.07 Å². The molecule has 2 aromatic rings. The summed E-state index contributed by atoms with van der Waals surface area (Å²) in [4.78, 5) is 3.09. The number of sulfonamides is 1. The summed E-state index contributed by atoms with van der Waals surface area (Å²) in [5.74, 6) is 0. The number of rotatable bonds is 4. The maximum Gasteiger partial charge on any atom is 0.242 e. The second kappa shape index (κ2) is 4.25. The molecule has 6 heteroatoms. The summed E-state index contributed by atoms with van der Waals surface area (Å²) >= 11 is 0. The van der Waals surface area contributed by atoms with Crippen molar-refractivity contribution < 1.29 is 13.5 Å². The Kier molecular flexibility index (Phi) is 2.95. The number of hydrogen-bond donors (Lipinski definition) is 3. The van der Waals surface area contributed by atoms with Gasteiger partial charge in [0.1, 0.15) is 4.90 Å². The van der Waals surface area contributed by atoms with Crippen molar-refractivity contribution in [1.82, 2.24) is 9.71 Å². The Labute approximate surface area is 93.2 Å². The Hall–Kier alpha value is -1.37. The van der Waals surface area contributed by atoms with Crippen LogP contribution in [0.4, 0.5) is 0 Å². The Balaban J connectivity index is 2.47. The van der Waals surface area contributed by atoms with Gasteiger partial charge in [-0.2, -0.15) is 0 Å². The molecule has 86 valence electrons. The first kappa shape index (κ1) is 11.1. The molecule has 0 aliphatic carbocycles. The molecule has 1 heterocycles. The van der Waals surface area contributed by atoms with E-state index in [9.17, 15) is 8.42 Å². The summed E-state index contributed by atoms with van der Waals surface area (Å²) in [6.07, 6.45) is 1.45. The maximum absolute atomic E-state index is 11.8. The SMILES string of the molecule is O=S(=O)(NCCO)c1c[nH]c2ccccc12. The summed E-state index contributed by atoms with van der Waals surface area (Å²) in [6.45, 7) is -0.205. The quantitative estimate of drug-likeness (QED) is 0.725. The van der Waals surface area contributed by atoms with Crippen LogP contribution < -0.4 is 4.72 Å². The van der Waals surface area contributed by atoms with Crippen molar-refractivity contribution in [2.45, 2.75) is 4.90 Å². The van der Waals surface area contributed by atoms with Crippen LogP contribution in [-0.2, 0) is 10.0 Å². The molecule has 0 fully saturated rings.